The number of ketones is 1. The molecule has 2 aromatic rings. The lowest BCUT2D eigenvalue weighted by atomic mass is 10.0. The van der Waals surface area contributed by atoms with E-state index in [0.717, 1.165) is 69.3 Å². The molecule has 0 spiro atoms. The second-order valence-electron chi connectivity index (χ2n) is 12.8. The number of carboxylic acids is 1. The van der Waals surface area contributed by atoms with Crippen LogP contribution < -0.4 is 15.4 Å². The minimum absolute atomic E-state index is 0.0308. The Morgan fingerprint density at radius 3 is 1.94 bits per heavy atom. The van der Waals surface area contributed by atoms with Crippen molar-refractivity contribution in [1.29, 1.82) is 0 Å². The van der Waals surface area contributed by atoms with Crippen molar-refractivity contribution in [3.63, 3.8) is 0 Å². The minimum Gasteiger partial charge on any atom is -0.494 e. The van der Waals surface area contributed by atoms with Gasteiger partial charge in [-0.1, -0.05) is 84.0 Å². The van der Waals surface area contributed by atoms with E-state index in [0.29, 0.717) is 18.8 Å². The van der Waals surface area contributed by atoms with Gasteiger partial charge in [0.1, 0.15) is 17.6 Å². The second kappa shape index (κ2) is 25.2. The van der Waals surface area contributed by atoms with Crippen molar-refractivity contribution in [3.05, 3.63) is 24.3 Å². The molecular formula is C36H58N6O6. The molecule has 2 amide bonds. The predicted molar refractivity (Wildman–Crippen MR) is 185 cm³/mol. The van der Waals surface area contributed by atoms with Crippen molar-refractivity contribution >= 4 is 23.6 Å². The summed E-state index contributed by atoms with van der Waals surface area (Å²) in [4.78, 5) is 47.2. The first-order valence-corrected chi connectivity index (χ1v) is 18.0. The van der Waals surface area contributed by atoms with E-state index in [4.69, 9.17) is 4.74 Å². The van der Waals surface area contributed by atoms with Gasteiger partial charge in [-0.05, 0) is 68.5 Å². The number of carbonyl (C=O) groups is 4. The smallest absolute Gasteiger partial charge is 0.326 e. The normalized spacial score (nSPS) is 12.3. The van der Waals surface area contributed by atoms with Gasteiger partial charge in [0.2, 0.25) is 17.6 Å². The number of aromatic amines is 1. The molecule has 0 aliphatic rings. The summed E-state index contributed by atoms with van der Waals surface area (Å²) >= 11 is 0. The summed E-state index contributed by atoms with van der Waals surface area (Å²) in [6.45, 7) is 4.70. The van der Waals surface area contributed by atoms with Gasteiger partial charge in [-0.25, -0.2) is 4.79 Å². The zero-order chi connectivity index (χ0) is 34.8. The number of rotatable bonds is 29. The molecule has 2 rings (SSSR count). The third kappa shape index (κ3) is 19.1. The maximum Gasteiger partial charge on any atom is 0.326 e. The Kier molecular flexibility index (Phi) is 21.2. The van der Waals surface area contributed by atoms with Crippen LogP contribution in [0.25, 0.3) is 11.4 Å². The zero-order valence-corrected chi connectivity index (χ0v) is 29.1. The predicted octanol–water partition coefficient (Wildman–Crippen LogP) is 6.57. The standard InChI is InChI=1S/C36H58N6O6/c1-28(29(2)43)18-15-16-26-37-33(44)25-24-32(36(46)47)38-34(45)19-14-12-10-8-6-4-3-5-7-9-11-13-17-27-48-31-22-20-30(21-23-31)35-39-41-42-40-35/h20-23,28,32H,3-19,24-27H2,1-2H3,(H,37,44)(H,38,45)(H,46,47)(H,39,40,41,42)/t28-,32?/m0/s1. The number of nitrogens with zero attached hydrogens (tertiary/aromatic N) is 3. The average molecular weight is 671 g/mol. The summed E-state index contributed by atoms with van der Waals surface area (Å²) < 4.78 is 5.84. The van der Waals surface area contributed by atoms with Gasteiger partial charge in [0, 0.05) is 30.9 Å². The molecule has 0 radical (unpaired) electrons. The van der Waals surface area contributed by atoms with Crippen molar-refractivity contribution in [2.24, 2.45) is 5.92 Å². The van der Waals surface area contributed by atoms with E-state index in [-0.39, 0.29) is 36.4 Å². The van der Waals surface area contributed by atoms with Gasteiger partial charge in [0.05, 0.1) is 6.61 Å². The molecule has 0 bridgehead atoms. The number of hydrogen-bond acceptors (Lipinski definition) is 8. The summed E-state index contributed by atoms with van der Waals surface area (Å²) in [7, 11) is 0. The van der Waals surface area contributed by atoms with Crippen molar-refractivity contribution in [1.82, 2.24) is 31.3 Å². The number of H-pyrrole nitrogens is 1. The van der Waals surface area contributed by atoms with E-state index in [2.05, 4.69) is 31.3 Å². The quantitative estimate of drug-likeness (QED) is 0.0698. The Bertz CT molecular complexity index is 1170. The lowest BCUT2D eigenvalue weighted by molar-refractivity contribution is -0.142. The number of amides is 2. The fraction of sp³-hybridized carbons (Fsp3) is 0.694. The molecule has 48 heavy (non-hydrogen) atoms. The van der Waals surface area contributed by atoms with Crippen LogP contribution in [-0.4, -0.2) is 68.5 Å². The van der Waals surface area contributed by atoms with Crippen LogP contribution in [0.5, 0.6) is 5.75 Å². The van der Waals surface area contributed by atoms with Gasteiger partial charge >= 0.3 is 5.97 Å². The highest BCUT2D eigenvalue weighted by Crippen LogP contribution is 2.19. The number of carbonyl (C=O) groups excluding carboxylic acids is 3. The number of aromatic nitrogens is 4. The number of unbranched alkanes of at least 4 members (excludes halogenated alkanes) is 13. The SMILES string of the molecule is CC(=O)[C@@H](C)CCCCNC(=O)CCC(NC(=O)CCCCCCCCCCCCCCCOc1ccc(-c2nn[nH]n2)cc1)C(=O)O. The number of hydrogen-bond donors (Lipinski definition) is 4. The lowest BCUT2D eigenvalue weighted by Gasteiger charge is -2.14. The fourth-order valence-electron chi connectivity index (χ4n) is 5.40. The van der Waals surface area contributed by atoms with E-state index >= 15 is 0 Å². The van der Waals surface area contributed by atoms with Gasteiger partial charge < -0.3 is 20.5 Å². The zero-order valence-electron chi connectivity index (χ0n) is 29.1. The van der Waals surface area contributed by atoms with Crippen LogP contribution in [0.3, 0.4) is 0 Å². The van der Waals surface area contributed by atoms with Gasteiger partial charge in [-0.3, -0.25) is 14.4 Å². The Morgan fingerprint density at radius 2 is 1.38 bits per heavy atom. The Balaban J connectivity index is 1.35. The molecule has 2 atom stereocenters. The molecule has 268 valence electrons. The first-order valence-electron chi connectivity index (χ1n) is 18.0. The topological polar surface area (TPSA) is 176 Å². The first kappa shape index (κ1) is 40.3. The molecule has 1 heterocycles. The highest BCUT2D eigenvalue weighted by molar-refractivity contribution is 5.84. The van der Waals surface area contributed by atoms with Gasteiger partial charge in [-0.15, -0.1) is 10.2 Å². The van der Waals surface area contributed by atoms with Gasteiger partial charge in [-0.2, -0.15) is 5.21 Å². The molecule has 0 fully saturated rings. The van der Waals surface area contributed by atoms with E-state index in [1.807, 2.05) is 31.2 Å². The third-order valence-electron chi connectivity index (χ3n) is 8.65. The summed E-state index contributed by atoms with van der Waals surface area (Å²) in [6.07, 6.45) is 17.7. The van der Waals surface area contributed by atoms with Crippen LogP contribution >= 0.6 is 0 Å². The number of tetrazole rings is 1. The third-order valence-corrected chi connectivity index (χ3v) is 8.65. The number of benzene rings is 1. The van der Waals surface area contributed by atoms with Crippen LogP contribution in [0.15, 0.2) is 24.3 Å². The van der Waals surface area contributed by atoms with Crippen molar-refractivity contribution in [2.45, 2.75) is 142 Å². The van der Waals surface area contributed by atoms with Crippen molar-refractivity contribution in [3.8, 4) is 17.1 Å². The maximum absolute atomic E-state index is 12.3. The van der Waals surface area contributed by atoms with E-state index in [9.17, 15) is 24.3 Å². The van der Waals surface area contributed by atoms with Crippen LogP contribution in [0.4, 0.5) is 0 Å². The molecule has 0 saturated heterocycles. The highest BCUT2D eigenvalue weighted by Gasteiger charge is 2.20. The van der Waals surface area contributed by atoms with Gasteiger partial charge in [0.15, 0.2) is 0 Å². The molecule has 0 saturated carbocycles. The number of ether oxygens (including phenoxy) is 1. The Labute approximate surface area is 285 Å². The van der Waals surface area contributed by atoms with Crippen LogP contribution in [0, 0.1) is 5.92 Å². The van der Waals surface area contributed by atoms with Crippen molar-refractivity contribution in [2.75, 3.05) is 13.2 Å². The molecule has 0 aliphatic heterocycles. The first-order chi connectivity index (χ1) is 23.3. The molecule has 1 unspecified atom stereocenters. The number of carboxylic acid groups (broad SMARTS) is 1. The van der Waals surface area contributed by atoms with Crippen LogP contribution in [0.1, 0.15) is 136 Å². The second-order valence-corrected chi connectivity index (χ2v) is 12.8. The Morgan fingerprint density at radius 1 is 0.771 bits per heavy atom. The van der Waals surface area contributed by atoms with E-state index in [1.54, 1.807) is 6.92 Å². The van der Waals surface area contributed by atoms with Crippen LogP contribution in [0.2, 0.25) is 0 Å². The van der Waals surface area contributed by atoms with Crippen LogP contribution in [-0.2, 0) is 19.2 Å². The lowest BCUT2D eigenvalue weighted by Crippen LogP contribution is -2.41. The maximum atomic E-state index is 12.3. The monoisotopic (exact) mass is 670 g/mol. The average Bonchev–Trinajstić information content (AvgIpc) is 3.61. The summed E-state index contributed by atoms with van der Waals surface area (Å²) in [5.41, 5.74) is 0.903. The summed E-state index contributed by atoms with van der Waals surface area (Å²) in [5.74, 6) is 0.00160. The van der Waals surface area contributed by atoms with Crippen molar-refractivity contribution < 1.29 is 29.0 Å². The number of Topliss-reactive ketones (excluding diaryl/α,β-unsaturated/α-hetero) is 1. The molecule has 1 aromatic carbocycles. The van der Waals surface area contributed by atoms with E-state index in [1.165, 1.54) is 51.4 Å². The molecule has 4 N–H and O–H groups in total. The fourth-order valence-corrected chi connectivity index (χ4v) is 5.40. The largest absolute Gasteiger partial charge is 0.494 e. The molecule has 1 aromatic heterocycles. The summed E-state index contributed by atoms with van der Waals surface area (Å²) in [6, 6.07) is 6.67. The highest BCUT2D eigenvalue weighted by atomic mass is 16.5. The molecule has 12 nitrogen and oxygen atoms in total. The van der Waals surface area contributed by atoms with E-state index < -0.39 is 12.0 Å². The number of nitrogens with one attached hydrogen (secondary N) is 3. The number of aliphatic carboxylic acids is 1. The minimum atomic E-state index is -1.12. The summed E-state index contributed by atoms with van der Waals surface area (Å²) in [5, 5.41) is 28.8. The van der Waals surface area contributed by atoms with Gasteiger partial charge in [0.25, 0.3) is 0 Å². The molecule has 12 heteroatoms. The Hall–Kier alpha value is -3.83. The molecular weight excluding hydrogens is 612 g/mol. The molecule has 0 aliphatic carbocycles.